The molecule has 1 saturated heterocycles. The Labute approximate surface area is 168 Å². The molecule has 28 heavy (non-hydrogen) atoms. The van der Waals surface area contributed by atoms with Crippen LogP contribution < -0.4 is 0 Å². The van der Waals surface area contributed by atoms with E-state index in [9.17, 15) is 9.59 Å². The Balaban J connectivity index is 1.85. The van der Waals surface area contributed by atoms with Gasteiger partial charge in [-0.2, -0.15) is 0 Å². The van der Waals surface area contributed by atoms with Gasteiger partial charge in [0, 0.05) is 6.54 Å². The third-order valence-corrected chi connectivity index (χ3v) is 5.10. The van der Waals surface area contributed by atoms with Crippen LogP contribution in [0.15, 0.2) is 76.1 Å². The van der Waals surface area contributed by atoms with Crippen molar-refractivity contribution in [2.75, 3.05) is 6.54 Å². The zero-order valence-corrected chi connectivity index (χ0v) is 16.4. The fourth-order valence-corrected chi connectivity index (χ4v) is 3.83. The van der Waals surface area contributed by atoms with E-state index in [1.165, 1.54) is 23.9 Å². The van der Waals surface area contributed by atoms with Gasteiger partial charge in [0.15, 0.2) is 5.17 Å². The van der Waals surface area contributed by atoms with Crippen molar-refractivity contribution in [1.82, 2.24) is 4.90 Å². The van der Waals surface area contributed by atoms with Crippen LogP contribution in [0.25, 0.3) is 6.08 Å². The van der Waals surface area contributed by atoms with Crippen molar-refractivity contribution in [1.29, 1.82) is 0 Å². The molecule has 1 amide bonds. The Morgan fingerprint density at radius 2 is 1.82 bits per heavy atom. The second-order valence-electron chi connectivity index (χ2n) is 6.21. The van der Waals surface area contributed by atoms with Gasteiger partial charge in [0.25, 0.3) is 5.91 Å². The molecule has 0 atom stereocenters. The molecule has 1 heterocycles. The summed E-state index contributed by atoms with van der Waals surface area (Å²) in [6.45, 7) is 4.37. The van der Waals surface area contributed by atoms with Gasteiger partial charge in [-0.3, -0.25) is 9.69 Å². The van der Waals surface area contributed by atoms with E-state index in [0.717, 1.165) is 11.1 Å². The van der Waals surface area contributed by atoms with Gasteiger partial charge in [-0.05, 0) is 67.1 Å². The summed E-state index contributed by atoms with van der Waals surface area (Å²) in [6.07, 6.45) is 3.90. The molecule has 0 spiro atoms. The maximum Gasteiger partial charge on any atom is 0.335 e. The second kappa shape index (κ2) is 8.71. The predicted octanol–water partition coefficient (Wildman–Crippen LogP) is 4.96. The number of aromatic carboxylic acids is 1. The van der Waals surface area contributed by atoms with Crippen LogP contribution in [0, 0.1) is 0 Å². The van der Waals surface area contributed by atoms with Crippen LogP contribution in [0.5, 0.6) is 0 Å². The predicted molar refractivity (Wildman–Crippen MR) is 114 cm³/mol. The number of hydrogen-bond donors (Lipinski definition) is 1. The van der Waals surface area contributed by atoms with Crippen LogP contribution in [0.4, 0.5) is 5.69 Å². The molecule has 142 valence electrons. The van der Waals surface area contributed by atoms with Gasteiger partial charge in [0.05, 0.1) is 16.2 Å². The molecule has 5 nitrogen and oxygen atoms in total. The Morgan fingerprint density at radius 1 is 1.14 bits per heavy atom. The van der Waals surface area contributed by atoms with Crippen LogP contribution in [-0.2, 0) is 4.79 Å². The van der Waals surface area contributed by atoms with Crippen LogP contribution in [-0.4, -0.2) is 33.6 Å². The summed E-state index contributed by atoms with van der Waals surface area (Å²) in [6, 6.07) is 16.2. The fourth-order valence-electron chi connectivity index (χ4n) is 2.72. The van der Waals surface area contributed by atoms with Gasteiger partial charge >= 0.3 is 5.97 Å². The molecule has 6 heteroatoms. The van der Waals surface area contributed by atoms with E-state index >= 15 is 0 Å². The molecule has 0 aliphatic carbocycles. The number of aliphatic imine (C=N–C) groups is 1. The molecule has 0 bridgehead atoms. The minimum Gasteiger partial charge on any atom is -0.478 e. The fraction of sp³-hybridized carbons (Fsp3) is 0.136. The second-order valence-corrected chi connectivity index (χ2v) is 7.21. The number of likely N-dealkylation sites (N-methyl/N-ethyl adjacent to an activating group) is 1. The quantitative estimate of drug-likeness (QED) is 0.731. The normalized spacial score (nSPS) is 17.6. The molecule has 1 N–H and O–H groups in total. The third kappa shape index (κ3) is 4.58. The summed E-state index contributed by atoms with van der Waals surface area (Å²) in [5, 5.41) is 9.59. The molecule has 2 aromatic rings. The van der Waals surface area contributed by atoms with Crippen LogP contribution in [0.3, 0.4) is 0 Å². The van der Waals surface area contributed by atoms with Gasteiger partial charge in [-0.25, -0.2) is 9.79 Å². The number of carbonyl (C=O) groups excluding carboxylic acids is 1. The first-order chi connectivity index (χ1) is 13.5. The van der Waals surface area contributed by atoms with Crippen molar-refractivity contribution < 1.29 is 14.7 Å². The van der Waals surface area contributed by atoms with Crippen molar-refractivity contribution in [2.24, 2.45) is 4.99 Å². The number of amides is 1. The van der Waals surface area contributed by atoms with Crippen LogP contribution >= 0.6 is 11.8 Å². The number of benzene rings is 2. The minimum absolute atomic E-state index is 0.0748. The lowest BCUT2D eigenvalue weighted by molar-refractivity contribution is -0.122. The highest BCUT2D eigenvalue weighted by Crippen LogP contribution is 2.33. The maximum absolute atomic E-state index is 12.7. The monoisotopic (exact) mass is 392 g/mol. The Morgan fingerprint density at radius 3 is 2.43 bits per heavy atom. The molecule has 0 radical (unpaired) electrons. The van der Waals surface area contributed by atoms with Crippen molar-refractivity contribution in [3.05, 3.63) is 82.3 Å². The summed E-state index contributed by atoms with van der Waals surface area (Å²) in [7, 11) is 0. The first-order valence-electron chi connectivity index (χ1n) is 8.84. The summed E-state index contributed by atoms with van der Waals surface area (Å²) < 4.78 is 0. The lowest BCUT2D eigenvalue weighted by Gasteiger charge is -2.12. The zero-order valence-electron chi connectivity index (χ0n) is 15.6. The average molecular weight is 392 g/mol. The average Bonchev–Trinajstić information content (AvgIpc) is 2.97. The van der Waals surface area contributed by atoms with E-state index in [-0.39, 0.29) is 11.5 Å². The van der Waals surface area contributed by atoms with E-state index in [4.69, 9.17) is 5.11 Å². The number of carbonyl (C=O) groups is 2. The number of hydrogen-bond acceptors (Lipinski definition) is 4. The maximum atomic E-state index is 12.7. The summed E-state index contributed by atoms with van der Waals surface area (Å²) in [4.78, 5) is 30.5. The molecule has 1 aliphatic heterocycles. The Hall–Kier alpha value is -3.12. The lowest BCUT2D eigenvalue weighted by atomic mass is 10.1. The number of allylic oxidation sites excluding steroid dienone is 2. The first-order valence-corrected chi connectivity index (χ1v) is 9.66. The zero-order chi connectivity index (χ0) is 20.1. The molecule has 1 fully saturated rings. The molecule has 0 aromatic heterocycles. The smallest absolute Gasteiger partial charge is 0.335 e. The molecule has 3 rings (SSSR count). The van der Waals surface area contributed by atoms with Crippen molar-refractivity contribution in [2.45, 2.75) is 13.8 Å². The van der Waals surface area contributed by atoms with Crippen LogP contribution in [0.1, 0.15) is 29.8 Å². The van der Waals surface area contributed by atoms with Crippen LogP contribution in [0.2, 0.25) is 0 Å². The third-order valence-electron chi connectivity index (χ3n) is 4.10. The van der Waals surface area contributed by atoms with Gasteiger partial charge in [0.2, 0.25) is 0 Å². The minimum atomic E-state index is -0.981. The molecular weight excluding hydrogens is 372 g/mol. The summed E-state index contributed by atoms with van der Waals surface area (Å²) >= 11 is 1.33. The summed E-state index contributed by atoms with van der Waals surface area (Å²) in [5.74, 6) is -1.06. The van der Waals surface area contributed by atoms with E-state index in [1.807, 2.05) is 56.3 Å². The highest BCUT2D eigenvalue weighted by molar-refractivity contribution is 8.18. The van der Waals surface area contributed by atoms with Gasteiger partial charge in [-0.1, -0.05) is 36.4 Å². The number of rotatable bonds is 5. The largest absolute Gasteiger partial charge is 0.478 e. The first kappa shape index (κ1) is 19.6. The van der Waals surface area contributed by atoms with Gasteiger partial charge in [-0.15, -0.1) is 0 Å². The molecule has 2 aromatic carbocycles. The standard InChI is InChI=1S/C22H20N2O3S/c1-3-24-20(25)19(14-15(2)13-16-7-5-4-6-8-16)28-22(24)23-18-11-9-17(10-12-18)21(26)27/h4-14H,3H2,1-2H3,(H,26,27)/b15-13+,19-14-,23-22?. The molecule has 1 aliphatic rings. The SMILES string of the molecule is CCN1C(=O)/C(=C/C(C)=C/c2ccccc2)SC1=Nc1ccc(C(=O)O)cc1. The summed E-state index contributed by atoms with van der Waals surface area (Å²) in [5.41, 5.74) is 2.86. The van der Waals surface area contributed by atoms with E-state index in [1.54, 1.807) is 17.0 Å². The number of carboxylic acids is 1. The van der Waals surface area contributed by atoms with E-state index in [2.05, 4.69) is 4.99 Å². The van der Waals surface area contributed by atoms with Crippen molar-refractivity contribution in [3.8, 4) is 0 Å². The molecule has 0 unspecified atom stereocenters. The van der Waals surface area contributed by atoms with Crippen molar-refractivity contribution >= 4 is 40.6 Å². The van der Waals surface area contributed by atoms with E-state index in [0.29, 0.717) is 22.3 Å². The Kier molecular flexibility index (Phi) is 6.11. The molecule has 0 saturated carbocycles. The van der Waals surface area contributed by atoms with Crippen molar-refractivity contribution in [3.63, 3.8) is 0 Å². The topological polar surface area (TPSA) is 70.0 Å². The molecular formula is C22H20N2O3S. The van der Waals surface area contributed by atoms with Gasteiger partial charge in [0.1, 0.15) is 0 Å². The lowest BCUT2D eigenvalue weighted by Crippen LogP contribution is -2.28. The van der Waals surface area contributed by atoms with Gasteiger partial charge < -0.3 is 5.11 Å². The number of thioether (sulfide) groups is 1. The van der Waals surface area contributed by atoms with E-state index < -0.39 is 5.97 Å². The number of amidine groups is 1. The number of nitrogens with zero attached hydrogens (tertiary/aromatic N) is 2. The Bertz CT molecular complexity index is 977. The number of carboxylic acid groups (broad SMARTS) is 1. The highest BCUT2D eigenvalue weighted by Gasteiger charge is 2.32. The highest BCUT2D eigenvalue weighted by atomic mass is 32.2.